The first-order valence-electron chi connectivity index (χ1n) is 44.4. The number of carbonyl (C=O) groups is 6. The number of halogens is 4. The third-order valence-corrected chi connectivity index (χ3v) is 18.4. The number of nitrogens with two attached hydrogens (primary N) is 2. The van der Waals surface area contributed by atoms with E-state index >= 15 is 0 Å². The molecular formula is C105H147Cl2F2N3O12. The Morgan fingerprint density at radius 3 is 1.00 bits per heavy atom. The van der Waals surface area contributed by atoms with E-state index in [9.17, 15) is 37.5 Å². The van der Waals surface area contributed by atoms with Crippen molar-refractivity contribution in [1.29, 1.82) is 0 Å². The van der Waals surface area contributed by atoms with Gasteiger partial charge in [-0.1, -0.05) is 294 Å². The Balaban J connectivity index is 0.00000243. The topological polar surface area (TPSA) is 222 Å². The standard InChI is InChI=1S/C56H72ClNO6.C49H74F2N2O6.ClH/c1-4-6-8-10-12-14-16-18-20-22-24-25-27-29-31-33-35-44-54(59)62-46-49(47-63-56(61)50-40-37-38-42-53(50)58-52-43-39-41-51(57)48(52)3)64-55(60)45-36-34-32-30-28-26-23-21-19-17-15-13-11-9-7-5-2;1-3-5-7-9-11-13-15-17-19-21-23-25-27-29-31-33-35-38-45(54)57-42-44(43-58-48(56)49(53,47(50)51)40-37-41-52)59-46(55)39-36-34-32-30-28-26-24-22-20-18-16-14-12-10-8-6-4-2;/h5-8,11-14,17-20,23-26,29-32,37-43,49,58H,4,9-10,15-16,21-22,27-28,33-36,44-47H2,1-3H3;5-8,11-14,17-20,23-26,29-32,44,47H,3-4,9-10,15-16,21-22,27-28,33-43,52-53H2,1-2H3;1H/b7-5-,8-6-,13-11-,14-12-,19-17-,20-18-,25-24-,26-23-,31-29-,32-30-;7-5-,8-6-,13-11-,14-12-,19-17-,20-18-,25-23-,26-24-,31-29-,32-30-;. The first kappa shape index (κ1) is 114. The van der Waals surface area contributed by atoms with Gasteiger partial charge in [0.05, 0.1) is 11.3 Å². The highest BCUT2D eigenvalue weighted by molar-refractivity contribution is 6.31. The molecule has 0 aromatic heterocycles. The van der Waals surface area contributed by atoms with Crippen LogP contribution in [0.5, 0.6) is 0 Å². The monoisotopic (exact) mass is 1750 g/mol. The van der Waals surface area contributed by atoms with Crippen molar-refractivity contribution in [1.82, 2.24) is 0 Å². The van der Waals surface area contributed by atoms with Gasteiger partial charge in [0.25, 0.3) is 6.43 Å². The molecule has 0 spiro atoms. The van der Waals surface area contributed by atoms with Crippen LogP contribution in [0, 0.1) is 6.92 Å². The predicted octanol–water partition coefficient (Wildman–Crippen LogP) is 27.4. The number of hydrogen-bond donors (Lipinski definition) is 3. The van der Waals surface area contributed by atoms with Crippen LogP contribution in [0.3, 0.4) is 0 Å². The van der Waals surface area contributed by atoms with E-state index in [1.807, 2.05) is 56.4 Å². The van der Waals surface area contributed by atoms with E-state index in [4.69, 9.17) is 51.5 Å². The minimum absolute atomic E-state index is 0. The fourth-order valence-electron chi connectivity index (χ4n) is 10.9. The zero-order valence-electron chi connectivity index (χ0n) is 74.8. The second-order valence-electron chi connectivity index (χ2n) is 28.7. The van der Waals surface area contributed by atoms with Crippen LogP contribution in [0.1, 0.15) is 256 Å². The third-order valence-electron chi connectivity index (χ3n) is 18.0. The molecule has 0 fully saturated rings. The Bertz CT molecular complexity index is 3810. The van der Waals surface area contributed by atoms with E-state index in [1.165, 1.54) is 0 Å². The molecule has 0 amide bonds. The number of alkyl halides is 2. The van der Waals surface area contributed by atoms with Crippen LogP contribution in [-0.4, -0.2) is 93.0 Å². The summed E-state index contributed by atoms with van der Waals surface area (Å²) in [5.41, 5.74) is 11.0. The van der Waals surface area contributed by atoms with Crippen LogP contribution in [0.15, 0.2) is 286 Å². The predicted molar refractivity (Wildman–Crippen MR) is 516 cm³/mol. The minimum atomic E-state index is -3.20. The quantitative estimate of drug-likeness (QED) is 0.0243. The summed E-state index contributed by atoms with van der Waals surface area (Å²) < 4.78 is 60.2. The van der Waals surface area contributed by atoms with Crippen LogP contribution >= 0.6 is 24.0 Å². The van der Waals surface area contributed by atoms with E-state index in [1.54, 1.807) is 24.3 Å². The molecule has 682 valence electrons. The SMILES string of the molecule is C/C=C\C/C=C\C/C=C\C/C=C\C/C=C\CCCC(=O)OC(COC(=O)CCC/C=C\C/C=C\C/C=C\C/C=C\C/C=C\CC)COC(=O)c1ccccc1Nc1cccc(Cl)c1C.CC/C=C\C/C=C\C/C=C\C/C=C\C/C=C\CCCC(=O)OCC(COC(=O)C(N)(CCCN)C(F)F)OC(=O)CCC/C=C\C/C=C\C/C=C\C/C=C\C/C=C\CC.Cl. The maximum Gasteiger partial charge on any atom is 0.340 e. The van der Waals surface area contributed by atoms with Gasteiger partial charge in [-0.2, -0.15) is 0 Å². The highest BCUT2D eigenvalue weighted by atomic mass is 35.5. The zero-order valence-corrected chi connectivity index (χ0v) is 76.4. The molecule has 2 aromatic carbocycles. The van der Waals surface area contributed by atoms with Gasteiger partial charge in [0.15, 0.2) is 17.7 Å². The average molecular weight is 1750 g/mol. The third kappa shape index (κ3) is 67.7. The van der Waals surface area contributed by atoms with Crippen molar-refractivity contribution in [2.45, 2.75) is 271 Å². The molecule has 124 heavy (non-hydrogen) atoms. The average Bonchev–Trinajstić information content (AvgIpc) is 0.843. The first-order chi connectivity index (χ1) is 60.1. The lowest BCUT2D eigenvalue weighted by atomic mass is 9.95. The van der Waals surface area contributed by atoms with Crippen molar-refractivity contribution in [2.24, 2.45) is 11.5 Å². The van der Waals surface area contributed by atoms with Gasteiger partial charge in [-0.15, -0.1) is 12.4 Å². The molecule has 19 heteroatoms. The van der Waals surface area contributed by atoms with E-state index < -0.39 is 73.2 Å². The van der Waals surface area contributed by atoms with Crippen molar-refractivity contribution in [2.75, 3.05) is 38.3 Å². The summed E-state index contributed by atoms with van der Waals surface area (Å²) in [6.07, 6.45) is 103. The summed E-state index contributed by atoms with van der Waals surface area (Å²) >= 11 is 6.32. The number of ether oxygens (including phenoxy) is 6. The fraction of sp³-hybridized carbons (Fsp3) is 0.448. The van der Waals surface area contributed by atoms with Gasteiger partial charge in [-0.3, -0.25) is 19.2 Å². The number of benzene rings is 2. The molecule has 0 saturated carbocycles. The fourth-order valence-corrected chi connectivity index (χ4v) is 11.1. The van der Waals surface area contributed by atoms with E-state index in [0.29, 0.717) is 61.2 Å². The molecule has 2 aromatic rings. The van der Waals surface area contributed by atoms with Crippen LogP contribution in [-0.2, 0) is 52.4 Å². The van der Waals surface area contributed by atoms with Crippen LogP contribution < -0.4 is 16.8 Å². The molecule has 0 saturated heterocycles. The molecule has 0 heterocycles. The van der Waals surface area contributed by atoms with Crippen LogP contribution in [0.4, 0.5) is 20.2 Å². The smallest absolute Gasteiger partial charge is 0.340 e. The number of unbranched alkanes of at least 4 members (excludes halogenated alkanes) is 4. The second-order valence-corrected chi connectivity index (χ2v) is 29.1. The first-order valence-corrected chi connectivity index (χ1v) is 44.8. The van der Waals surface area contributed by atoms with Gasteiger partial charge in [-0.05, 0) is 236 Å². The van der Waals surface area contributed by atoms with Crippen LogP contribution in [0.2, 0.25) is 5.02 Å². The molecule has 2 rings (SSSR count). The Kier molecular flexibility index (Phi) is 77.5. The largest absolute Gasteiger partial charge is 0.462 e. The molecule has 3 unspecified atom stereocenters. The summed E-state index contributed by atoms with van der Waals surface area (Å²) in [5, 5.41) is 3.87. The molecule has 5 N–H and O–H groups in total. The van der Waals surface area contributed by atoms with Gasteiger partial charge >= 0.3 is 35.8 Å². The van der Waals surface area contributed by atoms with Crippen molar-refractivity contribution >= 4 is 71.2 Å². The Morgan fingerprint density at radius 1 is 0.387 bits per heavy atom. The lowest BCUT2D eigenvalue weighted by molar-refractivity contribution is -0.171. The van der Waals surface area contributed by atoms with E-state index in [-0.39, 0.29) is 70.7 Å². The molecule has 0 aliphatic rings. The van der Waals surface area contributed by atoms with Crippen molar-refractivity contribution in [3.8, 4) is 0 Å². The van der Waals surface area contributed by atoms with Gasteiger partial charge in [0.2, 0.25) is 0 Å². The number of para-hydroxylation sites is 1. The normalized spacial score (nSPS) is 13.5. The highest BCUT2D eigenvalue weighted by Gasteiger charge is 2.45. The van der Waals surface area contributed by atoms with Crippen molar-refractivity contribution in [3.05, 3.63) is 302 Å². The number of allylic oxidation sites excluding steroid dienone is 40. The Morgan fingerprint density at radius 2 is 0.677 bits per heavy atom. The molecule has 15 nitrogen and oxygen atoms in total. The van der Waals surface area contributed by atoms with Gasteiger partial charge in [-0.25, -0.2) is 18.4 Å². The van der Waals surface area contributed by atoms with Crippen molar-refractivity contribution < 1.29 is 66.0 Å². The van der Waals surface area contributed by atoms with E-state index in [2.05, 4.69) is 245 Å². The maximum absolute atomic E-state index is 13.7. The van der Waals surface area contributed by atoms with Gasteiger partial charge < -0.3 is 45.2 Å². The lowest BCUT2D eigenvalue weighted by Gasteiger charge is -2.27. The lowest BCUT2D eigenvalue weighted by Crippen LogP contribution is -2.55. The summed E-state index contributed by atoms with van der Waals surface area (Å²) in [6, 6.07) is 12.5. The molecule has 0 radical (unpaired) electrons. The number of carbonyl (C=O) groups excluding carboxylic acids is 6. The second kappa shape index (κ2) is 84.1. The highest BCUT2D eigenvalue weighted by Crippen LogP contribution is 2.29. The molecule has 0 aliphatic carbocycles. The van der Waals surface area contributed by atoms with Gasteiger partial charge in [0, 0.05) is 36.4 Å². The molecular weight excluding hydrogens is 1600 g/mol. The summed E-state index contributed by atoms with van der Waals surface area (Å²) in [4.78, 5) is 76.8. The summed E-state index contributed by atoms with van der Waals surface area (Å²) in [7, 11) is 0. The maximum atomic E-state index is 13.7. The van der Waals surface area contributed by atoms with Crippen LogP contribution in [0.25, 0.3) is 0 Å². The Hall–Kier alpha value is -9.78. The number of rotatable bonds is 69. The minimum Gasteiger partial charge on any atom is -0.462 e. The van der Waals surface area contributed by atoms with Crippen molar-refractivity contribution in [3.63, 3.8) is 0 Å². The molecule has 0 bridgehead atoms. The number of anilines is 2. The Labute approximate surface area is 754 Å². The molecule has 3 atom stereocenters. The van der Waals surface area contributed by atoms with Gasteiger partial charge in [0.1, 0.15) is 26.4 Å². The zero-order chi connectivity index (χ0) is 89.6. The molecule has 0 aliphatic heterocycles. The number of hydrogen-bond acceptors (Lipinski definition) is 15. The number of esters is 6. The van der Waals surface area contributed by atoms with E-state index in [0.717, 1.165) is 140 Å². The summed E-state index contributed by atoms with van der Waals surface area (Å²) in [6.45, 7) is 8.86. The summed E-state index contributed by atoms with van der Waals surface area (Å²) in [5.74, 6) is -3.94. The number of nitrogens with one attached hydrogen (secondary N) is 1.